The van der Waals surface area contributed by atoms with Gasteiger partial charge in [0.15, 0.2) is 11.0 Å². The largest absolute Gasteiger partial charge is 0.496 e. The van der Waals surface area contributed by atoms with Gasteiger partial charge in [-0.2, -0.15) is 0 Å². The number of nitrogens with zero attached hydrogens (tertiary/aromatic N) is 4. The zero-order valence-electron chi connectivity index (χ0n) is 20.2. The van der Waals surface area contributed by atoms with Gasteiger partial charge >= 0.3 is 0 Å². The van der Waals surface area contributed by atoms with Gasteiger partial charge in [0.1, 0.15) is 11.6 Å². The highest BCUT2D eigenvalue weighted by molar-refractivity contribution is 7.99. The van der Waals surface area contributed by atoms with Crippen LogP contribution in [0.4, 0.5) is 4.39 Å². The van der Waals surface area contributed by atoms with Crippen LogP contribution < -0.4 is 10.1 Å². The summed E-state index contributed by atoms with van der Waals surface area (Å²) in [6.45, 7) is 4.69. The number of nitrogens with one attached hydrogen (secondary N) is 1. The minimum absolute atomic E-state index is 0.0666. The molecule has 1 aliphatic heterocycles. The van der Waals surface area contributed by atoms with Gasteiger partial charge in [0.25, 0.3) is 0 Å². The number of halogens is 1. The first kappa shape index (κ1) is 25.2. The molecule has 7 nitrogen and oxygen atoms in total. The molecule has 35 heavy (non-hydrogen) atoms. The smallest absolute Gasteiger partial charge is 0.230 e. The van der Waals surface area contributed by atoms with Crippen molar-refractivity contribution in [3.8, 4) is 11.4 Å². The molecular formula is C26H32FN5O2S. The van der Waals surface area contributed by atoms with E-state index in [1.807, 2.05) is 28.8 Å². The van der Waals surface area contributed by atoms with Crippen LogP contribution in [-0.4, -0.2) is 58.1 Å². The number of para-hydroxylation sites is 1. The minimum atomic E-state index is -0.295. The Labute approximate surface area is 210 Å². The molecule has 1 aromatic heterocycles. The lowest BCUT2D eigenvalue weighted by Gasteiger charge is -2.31. The van der Waals surface area contributed by atoms with E-state index in [-0.39, 0.29) is 23.5 Å². The van der Waals surface area contributed by atoms with Crippen LogP contribution in [0.1, 0.15) is 43.6 Å². The van der Waals surface area contributed by atoms with E-state index < -0.39 is 0 Å². The van der Waals surface area contributed by atoms with Gasteiger partial charge in [-0.25, -0.2) is 4.39 Å². The van der Waals surface area contributed by atoms with Gasteiger partial charge in [-0.1, -0.05) is 36.4 Å². The molecule has 2 heterocycles. The summed E-state index contributed by atoms with van der Waals surface area (Å²) in [5.41, 5.74) is 1.84. The predicted octanol–water partition coefficient (Wildman–Crippen LogP) is 4.41. The van der Waals surface area contributed by atoms with Crippen molar-refractivity contribution in [2.45, 2.75) is 43.8 Å². The van der Waals surface area contributed by atoms with E-state index in [4.69, 9.17) is 4.74 Å². The zero-order valence-corrected chi connectivity index (χ0v) is 21.1. The first-order chi connectivity index (χ1) is 17.1. The summed E-state index contributed by atoms with van der Waals surface area (Å²) >= 11 is 1.33. The second kappa shape index (κ2) is 12.2. The quantitative estimate of drug-likeness (QED) is 0.418. The van der Waals surface area contributed by atoms with Crippen LogP contribution in [0.25, 0.3) is 5.69 Å². The number of thioether (sulfide) groups is 1. The third-order valence-electron chi connectivity index (χ3n) is 6.30. The van der Waals surface area contributed by atoms with Crippen LogP contribution in [0.3, 0.4) is 0 Å². The molecule has 1 saturated heterocycles. The Balaban J connectivity index is 1.43. The number of ether oxygens (including phenoxy) is 1. The third-order valence-corrected chi connectivity index (χ3v) is 7.23. The second-order valence-electron chi connectivity index (χ2n) is 8.63. The highest BCUT2D eigenvalue weighted by Crippen LogP contribution is 2.29. The molecule has 1 atom stereocenters. The number of carbonyl (C=O) groups is 1. The molecule has 0 radical (unpaired) electrons. The summed E-state index contributed by atoms with van der Waals surface area (Å²) in [5.74, 6) is 1.46. The Bertz CT molecular complexity index is 1120. The number of aromatic nitrogens is 3. The summed E-state index contributed by atoms with van der Waals surface area (Å²) in [6.07, 6.45) is 4.28. The maximum absolute atomic E-state index is 13.6. The Morgan fingerprint density at radius 2 is 1.86 bits per heavy atom. The minimum Gasteiger partial charge on any atom is -0.496 e. The van der Waals surface area contributed by atoms with E-state index in [0.29, 0.717) is 18.1 Å². The fraction of sp³-hybridized carbons (Fsp3) is 0.423. The van der Waals surface area contributed by atoms with E-state index in [2.05, 4.69) is 27.3 Å². The molecule has 9 heteroatoms. The van der Waals surface area contributed by atoms with Gasteiger partial charge in [-0.15, -0.1) is 10.2 Å². The molecule has 4 rings (SSSR count). The summed E-state index contributed by atoms with van der Waals surface area (Å²) in [4.78, 5) is 15.0. The van der Waals surface area contributed by atoms with Crippen LogP contribution in [0.2, 0.25) is 0 Å². The lowest BCUT2D eigenvalue weighted by molar-refractivity contribution is -0.118. The summed E-state index contributed by atoms with van der Waals surface area (Å²) in [6, 6.07) is 14.2. The Hall–Kier alpha value is -2.91. The van der Waals surface area contributed by atoms with Crippen molar-refractivity contribution < 1.29 is 13.9 Å². The number of hydrogen-bond acceptors (Lipinski definition) is 6. The molecule has 2 aromatic carbocycles. The van der Waals surface area contributed by atoms with Crippen molar-refractivity contribution in [2.75, 3.05) is 32.5 Å². The van der Waals surface area contributed by atoms with E-state index in [9.17, 15) is 9.18 Å². The number of amides is 1. The summed E-state index contributed by atoms with van der Waals surface area (Å²) in [5, 5.41) is 12.5. The van der Waals surface area contributed by atoms with Crippen molar-refractivity contribution in [1.82, 2.24) is 25.0 Å². The molecule has 0 saturated carbocycles. The van der Waals surface area contributed by atoms with Gasteiger partial charge < -0.3 is 10.1 Å². The van der Waals surface area contributed by atoms with E-state index >= 15 is 0 Å². The highest BCUT2D eigenvalue weighted by Gasteiger charge is 2.25. The number of rotatable bonds is 10. The topological polar surface area (TPSA) is 72.3 Å². The molecule has 3 aromatic rings. The normalized spacial score (nSPS) is 15.1. The highest BCUT2D eigenvalue weighted by atomic mass is 32.2. The van der Waals surface area contributed by atoms with Crippen LogP contribution in [-0.2, 0) is 11.2 Å². The van der Waals surface area contributed by atoms with Crippen LogP contribution >= 0.6 is 11.8 Å². The SMILES string of the molecule is COc1ccccc1CCNC(=O)CSc1nnc(C(C)N2CCCCC2)n1-c1ccc(F)cc1. The molecule has 186 valence electrons. The van der Waals surface area contributed by atoms with Crippen LogP contribution in [0, 0.1) is 5.82 Å². The maximum Gasteiger partial charge on any atom is 0.230 e. The van der Waals surface area contributed by atoms with E-state index in [0.717, 1.165) is 35.9 Å². The molecule has 0 aliphatic carbocycles. The van der Waals surface area contributed by atoms with Gasteiger partial charge in [-0.05, 0) is 75.2 Å². The Kier molecular flexibility index (Phi) is 8.76. The first-order valence-electron chi connectivity index (χ1n) is 12.0. The van der Waals surface area contributed by atoms with Gasteiger partial charge in [0, 0.05) is 12.2 Å². The Morgan fingerprint density at radius 1 is 1.11 bits per heavy atom. The number of hydrogen-bond donors (Lipinski definition) is 1. The number of methoxy groups -OCH3 is 1. The average molecular weight is 498 g/mol. The molecule has 1 fully saturated rings. The zero-order chi connectivity index (χ0) is 24.6. The second-order valence-corrected chi connectivity index (χ2v) is 9.57. The third kappa shape index (κ3) is 6.41. The van der Waals surface area contributed by atoms with Crippen LogP contribution in [0.15, 0.2) is 53.7 Å². The van der Waals surface area contributed by atoms with E-state index in [1.54, 1.807) is 19.2 Å². The number of likely N-dealkylation sites (tertiary alicyclic amines) is 1. The molecule has 1 aliphatic rings. The van der Waals surface area contributed by atoms with Crippen molar-refractivity contribution in [3.05, 3.63) is 65.7 Å². The van der Waals surface area contributed by atoms with Gasteiger partial charge in [0.2, 0.25) is 5.91 Å². The summed E-state index contributed by atoms with van der Waals surface area (Å²) in [7, 11) is 1.64. The lowest BCUT2D eigenvalue weighted by Crippen LogP contribution is -2.33. The first-order valence-corrected chi connectivity index (χ1v) is 13.0. The molecule has 1 N–H and O–H groups in total. The molecular weight excluding hydrogens is 465 g/mol. The molecule has 1 amide bonds. The fourth-order valence-electron chi connectivity index (χ4n) is 4.37. The predicted molar refractivity (Wildman–Crippen MR) is 136 cm³/mol. The van der Waals surface area contributed by atoms with E-state index in [1.165, 1.54) is 43.2 Å². The molecule has 0 spiro atoms. The van der Waals surface area contributed by atoms with Crippen molar-refractivity contribution in [3.63, 3.8) is 0 Å². The maximum atomic E-state index is 13.6. The van der Waals surface area contributed by atoms with Crippen LogP contribution in [0.5, 0.6) is 5.75 Å². The van der Waals surface area contributed by atoms with Crippen molar-refractivity contribution in [1.29, 1.82) is 0 Å². The lowest BCUT2D eigenvalue weighted by atomic mass is 10.1. The fourth-order valence-corrected chi connectivity index (χ4v) is 5.16. The molecule has 1 unspecified atom stereocenters. The molecule has 0 bridgehead atoms. The van der Waals surface area contributed by atoms with Gasteiger partial charge in [-0.3, -0.25) is 14.3 Å². The average Bonchev–Trinajstić information content (AvgIpc) is 3.32. The monoisotopic (exact) mass is 497 g/mol. The number of piperidine rings is 1. The van der Waals surface area contributed by atoms with Crippen molar-refractivity contribution >= 4 is 17.7 Å². The standard InChI is InChI=1S/C26H32FN5O2S/c1-19(31-16-6-3-7-17-31)25-29-30-26(32(25)22-12-10-21(27)11-13-22)35-18-24(33)28-15-14-20-8-4-5-9-23(20)34-2/h4-5,8-13,19H,3,6-7,14-18H2,1-2H3,(H,28,33). The van der Waals surface area contributed by atoms with Crippen molar-refractivity contribution in [2.24, 2.45) is 0 Å². The number of benzene rings is 2. The Morgan fingerprint density at radius 3 is 2.60 bits per heavy atom. The summed E-state index contributed by atoms with van der Waals surface area (Å²) < 4.78 is 20.9. The van der Waals surface area contributed by atoms with Gasteiger partial charge in [0.05, 0.1) is 18.9 Å². The number of carbonyl (C=O) groups excluding carboxylic acids is 1.